The molecule has 0 spiro atoms. The smallest absolute Gasteiger partial charge is 0.135 e. The number of hydrogen-bond donors (Lipinski definition) is 0. The summed E-state index contributed by atoms with van der Waals surface area (Å²) in [5, 5.41) is 11.1. The highest BCUT2D eigenvalue weighted by Gasteiger charge is 2.16. The Bertz CT molecular complexity index is 856. The van der Waals surface area contributed by atoms with Crippen molar-refractivity contribution in [2.75, 3.05) is 0 Å². The third-order valence-corrected chi connectivity index (χ3v) is 3.78. The number of rotatable bonds is 3. The molecule has 0 unspecified atom stereocenters. The summed E-state index contributed by atoms with van der Waals surface area (Å²) in [6.45, 7) is 0. The van der Waals surface area contributed by atoms with Crippen LogP contribution in [0.25, 0.3) is 22.9 Å². The summed E-state index contributed by atoms with van der Waals surface area (Å²) in [5.41, 5.74) is 0.236. The van der Waals surface area contributed by atoms with Gasteiger partial charge >= 0.3 is 0 Å². The van der Waals surface area contributed by atoms with E-state index in [1.165, 1.54) is 35.9 Å². The van der Waals surface area contributed by atoms with Crippen LogP contribution in [-0.2, 0) is 0 Å². The molecule has 0 aliphatic heterocycles. The van der Waals surface area contributed by atoms with Crippen molar-refractivity contribution < 1.29 is 13.2 Å². The summed E-state index contributed by atoms with van der Waals surface area (Å²) >= 11 is 1.14. The predicted octanol–water partition coefficient (Wildman–Crippen LogP) is 4.75. The molecule has 0 aliphatic rings. The van der Waals surface area contributed by atoms with Crippen molar-refractivity contribution in [3.63, 3.8) is 0 Å². The first-order valence-electron chi connectivity index (χ1n) is 6.24. The van der Waals surface area contributed by atoms with Gasteiger partial charge in [0.1, 0.15) is 28.5 Å². The van der Waals surface area contributed by atoms with E-state index in [0.29, 0.717) is 10.8 Å². The van der Waals surface area contributed by atoms with Crippen LogP contribution in [0.3, 0.4) is 0 Å². The molecule has 0 fully saturated rings. The molecule has 0 saturated carbocycles. The predicted molar refractivity (Wildman–Crippen MR) is 79.7 cm³/mol. The minimum Gasteiger partial charge on any atom is -0.465 e. The molecule has 0 saturated heterocycles. The van der Waals surface area contributed by atoms with Crippen molar-refractivity contribution in [2.45, 2.75) is 0 Å². The highest BCUT2D eigenvalue weighted by atomic mass is 32.1. The molecule has 0 bridgehead atoms. The van der Waals surface area contributed by atoms with Gasteiger partial charge in [0.25, 0.3) is 0 Å². The average Bonchev–Trinajstić information content (AvgIpc) is 3.16. The zero-order valence-electron chi connectivity index (χ0n) is 11.1. The Morgan fingerprint density at radius 2 is 2.00 bits per heavy atom. The maximum atomic E-state index is 13.8. The van der Waals surface area contributed by atoms with Gasteiger partial charge in [-0.2, -0.15) is 5.26 Å². The largest absolute Gasteiger partial charge is 0.465 e. The zero-order valence-corrected chi connectivity index (χ0v) is 11.9. The van der Waals surface area contributed by atoms with Crippen molar-refractivity contribution in [2.24, 2.45) is 0 Å². The lowest BCUT2D eigenvalue weighted by atomic mass is 10.1. The minimum atomic E-state index is -0.689. The Morgan fingerprint density at radius 3 is 2.64 bits per heavy atom. The number of benzene rings is 1. The summed E-state index contributed by atoms with van der Waals surface area (Å²) in [6, 6.07) is 9.03. The summed E-state index contributed by atoms with van der Waals surface area (Å²) in [7, 11) is 0. The molecule has 0 amide bonds. The summed E-state index contributed by atoms with van der Waals surface area (Å²) < 4.78 is 32.7. The number of thiazole rings is 1. The second kappa shape index (κ2) is 5.92. The Kier molecular flexibility index (Phi) is 3.81. The van der Waals surface area contributed by atoms with E-state index in [1.54, 1.807) is 12.1 Å². The van der Waals surface area contributed by atoms with Gasteiger partial charge in [-0.25, -0.2) is 13.8 Å². The van der Waals surface area contributed by atoms with E-state index in [2.05, 4.69) is 4.98 Å². The highest BCUT2D eigenvalue weighted by molar-refractivity contribution is 7.11. The molecule has 108 valence electrons. The number of hydrogen-bond acceptors (Lipinski definition) is 4. The van der Waals surface area contributed by atoms with Crippen molar-refractivity contribution in [1.29, 1.82) is 5.26 Å². The monoisotopic (exact) mass is 314 g/mol. The molecule has 1 aromatic carbocycles. The first-order valence-corrected chi connectivity index (χ1v) is 7.12. The SMILES string of the molecule is N#C/C(=C\c1ccco1)c1nc(-c2c(F)cccc2F)cs1. The van der Waals surface area contributed by atoms with Gasteiger partial charge in [0.2, 0.25) is 0 Å². The van der Waals surface area contributed by atoms with E-state index in [0.717, 1.165) is 11.3 Å². The molecule has 0 N–H and O–H groups in total. The van der Waals surface area contributed by atoms with Gasteiger partial charge in [-0.05, 0) is 24.3 Å². The van der Waals surface area contributed by atoms with Crippen LogP contribution in [-0.4, -0.2) is 4.98 Å². The van der Waals surface area contributed by atoms with E-state index in [9.17, 15) is 14.0 Å². The fourth-order valence-electron chi connectivity index (χ4n) is 1.91. The third-order valence-electron chi connectivity index (χ3n) is 2.90. The second-order valence-corrected chi connectivity index (χ2v) is 5.18. The second-order valence-electron chi connectivity index (χ2n) is 4.32. The van der Waals surface area contributed by atoms with E-state index in [1.807, 2.05) is 6.07 Å². The lowest BCUT2D eigenvalue weighted by Gasteiger charge is -2.00. The molecule has 22 heavy (non-hydrogen) atoms. The number of nitrogens with zero attached hydrogens (tertiary/aromatic N) is 2. The lowest BCUT2D eigenvalue weighted by molar-refractivity contribution is 0.557. The van der Waals surface area contributed by atoms with Gasteiger partial charge in [0, 0.05) is 11.5 Å². The fraction of sp³-hybridized carbons (Fsp3) is 0. The van der Waals surface area contributed by atoms with Crippen LogP contribution < -0.4 is 0 Å². The molecule has 0 radical (unpaired) electrons. The number of halogens is 2. The molecule has 6 heteroatoms. The van der Waals surface area contributed by atoms with Crippen LogP contribution in [0.5, 0.6) is 0 Å². The Morgan fingerprint density at radius 1 is 1.23 bits per heavy atom. The van der Waals surface area contributed by atoms with Crippen molar-refractivity contribution in [3.8, 4) is 17.3 Å². The molecule has 3 rings (SSSR count). The van der Waals surface area contributed by atoms with E-state index < -0.39 is 11.6 Å². The molecule has 0 atom stereocenters. The van der Waals surface area contributed by atoms with Gasteiger partial charge in [0.05, 0.1) is 23.1 Å². The van der Waals surface area contributed by atoms with Crippen LogP contribution in [0.4, 0.5) is 8.78 Å². The van der Waals surface area contributed by atoms with Crippen LogP contribution >= 0.6 is 11.3 Å². The standard InChI is InChI=1S/C16H8F2N2OS/c17-12-4-1-5-13(18)15(12)14-9-22-16(20-14)10(8-19)7-11-3-2-6-21-11/h1-7,9H/b10-7+. The van der Waals surface area contributed by atoms with E-state index in [4.69, 9.17) is 4.42 Å². The zero-order chi connectivity index (χ0) is 15.5. The first-order chi connectivity index (χ1) is 10.7. The van der Waals surface area contributed by atoms with Gasteiger partial charge in [-0.1, -0.05) is 6.07 Å². The van der Waals surface area contributed by atoms with Gasteiger partial charge in [-0.3, -0.25) is 0 Å². The van der Waals surface area contributed by atoms with Crippen molar-refractivity contribution >= 4 is 23.0 Å². The van der Waals surface area contributed by atoms with Crippen LogP contribution in [0.15, 0.2) is 46.4 Å². The quantitative estimate of drug-likeness (QED) is 0.656. The summed E-state index contributed by atoms with van der Waals surface area (Å²) in [6.07, 6.45) is 3.02. The maximum absolute atomic E-state index is 13.8. The van der Waals surface area contributed by atoms with Crippen molar-refractivity contribution in [3.05, 3.63) is 64.4 Å². The fourth-order valence-corrected chi connectivity index (χ4v) is 2.69. The van der Waals surface area contributed by atoms with Gasteiger partial charge < -0.3 is 4.42 Å². The number of aromatic nitrogens is 1. The molecule has 2 heterocycles. The van der Waals surface area contributed by atoms with Crippen LogP contribution in [0.1, 0.15) is 10.8 Å². The molecule has 3 aromatic rings. The summed E-state index contributed by atoms with van der Waals surface area (Å²) in [5.74, 6) is -0.874. The third kappa shape index (κ3) is 2.67. The number of furan rings is 1. The molecular weight excluding hydrogens is 306 g/mol. The van der Waals surface area contributed by atoms with E-state index in [-0.39, 0.29) is 16.8 Å². The minimum absolute atomic E-state index is 0.163. The van der Waals surface area contributed by atoms with Crippen LogP contribution in [0, 0.1) is 23.0 Å². The highest BCUT2D eigenvalue weighted by Crippen LogP contribution is 2.30. The Labute approximate surface area is 128 Å². The number of nitriles is 1. The average molecular weight is 314 g/mol. The van der Waals surface area contributed by atoms with Crippen LogP contribution in [0.2, 0.25) is 0 Å². The topological polar surface area (TPSA) is 49.8 Å². The normalized spacial score (nSPS) is 11.4. The molecular formula is C16H8F2N2OS. The molecule has 3 nitrogen and oxygen atoms in total. The van der Waals surface area contributed by atoms with Crippen molar-refractivity contribution in [1.82, 2.24) is 4.98 Å². The lowest BCUT2D eigenvalue weighted by Crippen LogP contribution is -1.90. The van der Waals surface area contributed by atoms with E-state index >= 15 is 0 Å². The Hall–Kier alpha value is -2.78. The number of allylic oxidation sites excluding steroid dienone is 1. The Balaban J connectivity index is 2.02. The maximum Gasteiger partial charge on any atom is 0.135 e. The first kappa shape index (κ1) is 14.2. The molecule has 0 aliphatic carbocycles. The van der Waals surface area contributed by atoms with Gasteiger partial charge in [-0.15, -0.1) is 11.3 Å². The molecule has 2 aromatic heterocycles. The summed E-state index contributed by atoms with van der Waals surface area (Å²) in [4.78, 5) is 4.16. The van der Waals surface area contributed by atoms with Gasteiger partial charge in [0.15, 0.2) is 0 Å².